The Morgan fingerprint density at radius 1 is 1.47 bits per heavy atom. The molecule has 0 spiro atoms. The lowest BCUT2D eigenvalue weighted by Crippen LogP contribution is -2.53. The maximum Gasteiger partial charge on any atom is 0.410 e. The van der Waals surface area contributed by atoms with E-state index < -0.39 is 18.1 Å². The topological polar surface area (TPSA) is 65.1 Å². The van der Waals surface area contributed by atoms with Gasteiger partial charge in [0.25, 0.3) is 0 Å². The average molecular weight is 245 g/mol. The summed E-state index contributed by atoms with van der Waals surface area (Å²) in [6, 6.07) is -0.701. The second-order valence-corrected chi connectivity index (χ2v) is 4.28. The van der Waals surface area contributed by atoms with E-state index in [0.717, 1.165) is 0 Å². The molecular formula is C11H19NO5. The van der Waals surface area contributed by atoms with Crippen molar-refractivity contribution in [3.8, 4) is 0 Å². The molecule has 17 heavy (non-hydrogen) atoms. The molecule has 1 atom stereocenters. The van der Waals surface area contributed by atoms with Gasteiger partial charge in [0.1, 0.15) is 0 Å². The Kier molecular flexibility index (Phi) is 5.21. The highest BCUT2D eigenvalue weighted by molar-refractivity contribution is 5.81. The zero-order chi connectivity index (χ0) is 12.8. The summed E-state index contributed by atoms with van der Waals surface area (Å²) in [5.74, 6) is -0.220. The van der Waals surface area contributed by atoms with Crippen LogP contribution in [-0.2, 0) is 19.0 Å². The normalized spacial score (nSPS) is 20.2. The zero-order valence-electron chi connectivity index (χ0n) is 10.5. The van der Waals surface area contributed by atoms with Crippen molar-refractivity contribution in [3.63, 3.8) is 0 Å². The molecule has 0 aromatic rings. The van der Waals surface area contributed by atoms with Crippen LogP contribution in [0.15, 0.2) is 0 Å². The summed E-state index contributed by atoms with van der Waals surface area (Å²) in [4.78, 5) is 24.6. The molecular weight excluding hydrogens is 226 g/mol. The van der Waals surface area contributed by atoms with Crippen molar-refractivity contribution < 1.29 is 23.8 Å². The summed E-state index contributed by atoms with van der Waals surface area (Å²) in [5, 5.41) is 0. The number of hydrogen-bond donors (Lipinski definition) is 0. The first-order chi connectivity index (χ1) is 8.06. The first-order valence-corrected chi connectivity index (χ1v) is 5.65. The molecule has 1 unspecified atom stereocenters. The maximum atomic E-state index is 11.8. The van der Waals surface area contributed by atoms with E-state index >= 15 is 0 Å². The second-order valence-electron chi connectivity index (χ2n) is 4.28. The molecule has 6 heteroatoms. The molecule has 0 bridgehead atoms. The van der Waals surface area contributed by atoms with Gasteiger partial charge in [-0.1, -0.05) is 13.8 Å². The Hall–Kier alpha value is -1.30. The van der Waals surface area contributed by atoms with Gasteiger partial charge in [0, 0.05) is 6.54 Å². The van der Waals surface area contributed by atoms with Gasteiger partial charge in [-0.3, -0.25) is 4.90 Å². The quantitative estimate of drug-likeness (QED) is 0.683. The van der Waals surface area contributed by atoms with Crippen LogP contribution in [0.2, 0.25) is 0 Å². The molecule has 6 nitrogen and oxygen atoms in total. The maximum absolute atomic E-state index is 11.8. The predicted molar refractivity (Wildman–Crippen MR) is 59.5 cm³/mol. The van der Waals surface area contributed by atoms with Crippen LogP contribution in [0, 0.1) is 5.92 Å². The van der Waals surface area contributed by atoms with Gasteiger partial charge in [-0.15, -0.1) is 0 Å². The zero-order valence-corrected chi connectivity index (χ0v) is 10.5. The SMILES string of the molecule is COC(=O)C1COCCN1C(=O)OCC(C)C. The van der Waals surface area contributed by atoms with Crippen LogP contribution >= 0.6 is 0 Å². The van der Waals surface area contributed by atoms with Gasteiger partial charge in [0.2, 0.25) is 0 Å². The fourth-order valence-electron chi connectivity index (χ4n) is 1.47. The number of ether oxygens (including phenoxy) is 3. The highest BCUT2D eigenvalue weighted by atomic mass is 16.6. The standard InChI is InChI=1S/C11H19NO5/c1-8(2)6-17-11(14)12-4-5-16-7-9(12)10(13)15-3/h8-9H,4-7H2,1-3H3. The largest absolute Gasteiger partial charge is 0.467 e. The Morgan fingerprint density at radius 3 is 2.76 bits per heavy atom. The van der Waals surface area contributed by atoms with Crippen molar-refractivity contribution in [2.24, 2.45) is 5.92 Å². The molecule has 1 aliphatic heterocycles. The van der Waals surface area contributed by atoms with Crippen molar-refractivity contribution in [2.75, 3.05) is 33.5 Å². The predicted octanol–water partition coefficient (Wildman–Crippen LogP) is 0.653. The third kappa shape index (κ3) is 3.89. The van der Waals surface area contributed by atoms with Gasteiger partial charge >= 0.3 is 12.1 Å². The van der Waals surface area contributed by atoms with Crippen LogP contribution in [0.3, 0.4) is 0 Å². The Morgan fingerprint density at radius 2 is 2.18 bits per heavy atom. The molecule has 1 fully saturated rings. The summed E-state index contributed by atoms with van der Waals surface area (Å²) in [5.41, 5.74) is 0. The van der Waals surface area contributed by atoms with Crippen LogP contribution in [0.1, 0.15) is 13.8 Å². The van der Waals surface area contributed by atoms with Gasteiger partial charge < -0.3 is 14.2 Å². The molecule has 0 saturated carbocycles. The molecule has 1 aliphatic rings. The van der Waals surface area contributed by atoms with Crippen molar-refractivity contribution >= 4 is 12.1 Å². The number of nitrogens with zero attached hydrogens (tertiary/aromatic N) is 1. The minimum absolute atomic E-state index is 0.156. The average Bonchev–Trinajstić information content (AvgIpc) is 2.34. The van der Waals surface area contributed by atoms with Crippen LogP contribution in [0.5, 0.6) is 0 Å². The number of methoxy groups -OCH3 is 1. The van der Waals surface area contributed by atoms with Crippen LogP contribution in [0.4, 0.5) is 4.79 Å². The molecule has 0 aromatic carbocycles. The van der Waals surface area contributed by atoms with Crippen LogP contribution < -0.4 is 0 Å². The van der Waals surface area contributed by atoms with Crippen LogP contribution in [-0.4, -0.2) is 56.5 Å². The first-order valence-electron chi connectivity index (χ1n) is 5.65. The van der Waals surface area contributed by atoms with Crippen LogP contribution in [0.25, 0.3) is 0 Å². The number of carbonyl (C=O) groups excluding carboxylic acids is 2. The second kappa shape index (κ2) is 6.44. The molecule has 0 aromatic heterocycles. The molecule has 0 N–H and O–H groups in total. The van der Waals surface area contributed by atoms with Crippen molar-refractivity contribution in [3.05, 3.63) is 0 Å². The summed E-state index contributed by atoms with van der Waals surface area (Å²) < 4.78 is 14.9. The fraction of sp³-hybridized carbons (Fsp3) is 0.818. The van der Waals surface area contributed by atoms with E-state index in [1.807, 2.05) is 13.8 Å². The Bertz CT molecular complexity index is 279. The molecule has 0 radical (unpaired) electrons. The third-order valence-electron chi connectivity index (χ3n) is 2.38. The molecule has 98 valence electrons. The molecule has 1 rings (SSSR count). The number of rotatable bonds is 3. The summed E-state index contributed by atoms with van der Waals surface area (Å²) in [6.07, 6.45) is -0.489. The minimum atomic E-state index is -0.701. The summed E-state index contributed by atoms with van der Waals surface area (Å²) in [6.45, 7) is 5.14. The van der Waals surface area contributed by atoms with Crippen molar-refractivity contribution in [2.45, 2.75) is 19.9 Å². The number of morpholine rings is 1. The van der Waals surface area contributed by atoms with Crippen molar-refractivity contribution in [1.29, 1.82) is 0 Å². The van der Waals surface area contributed by atoms with E-state index in [1.54, 1.807) is 0 Å². The molecule has 1 amide bonds. The number of hydrogen-bond acceptors (Lipinski definition) is 5. The lowest BCUT2D eigenvalue weighted by Gasteiger charge is -2.32. The first kappa shape index (κ1) is 13.8. The molecule has 0 aliphatic carbocycles. The van der Waals surface area contributed by atoms with E-state index in [2.05, 4.69) is 4.74 Å². The monoisotopic (exact) mass is 245 g/mol. The molecule has 1 saturated heterocycles. The van der Waals surface area contributed by atoms with Gasteiger partial charge in [-0.25, -0.2) is 9.59 Å². The highest BCUT2D eigenvalue weighted by Gasteiger charge is 2.34. The van der Waals surface area contributed by atoms with E-state index in [0.29, 0.717) is 19.8 Å². The van der Waals surface area contributed by atoms with Crippen molar-refractivity contribution in [1.82, 2.24) is 4.90 Å². The lowest BCUT2D eigenvalue weighted by molar-refractivity contribution is -0.152. The smallest absolute Gasteiger partial charge is 0.410 e. The molecule has 1 heterocycles. The highest BCUT2D eigenvalue weighted by Crippen LogP contribution is 2.11. The summed E-state index contributed by atoms with van der Waals surface area (Å²) >= 11 is 0. The van der Waals surface area contributed by atoms with E-state index in [9.17, 15) is 9.59 Å². The summed E-state index contributed by atoms with van der Waals surface area (Å²) in [7, 11) is 1.29. The number of carbonyl (C=O) groups is 2. The van der Waals surface area contributed by atoms with Gasteiger partial charge in [0.05, 0.1) is 26.9 Å². The number of amides is 1. The van der Waals surface area contributed by atoms with E-state index in [1.165, 1.54) is 12.0 Å². The van der Waals surface area contributed by atoms with Gasteiger partial charge in [0.15, 0.2) is 6.04 Å². The Balaban J connectivity index is 2.58. The van der Waals surface area contributed by atoms with Gasteiger partial charge in [-0.05, 0) is 5.92 Å². The fourth-order valence-corrected chi connectivity index (χ4v) is 1.47. The Labute approximate surface area is 101 Å². The lowest BCUT2D eigenvalue weighted by atomic mass is 10.2. The minimum Gasteiger partial charge on any atom is -0.467 e. The number of esters is 1. The van der Waals surface area contributed by atoms with E-state index in [4.69, 9.17) is 9.47 Å². The third-order valence-corrected chi connectivity index (χ3v) is 2.38. The van der Waals surface area contributed by atoms with E-state index in [-0.39, 0.29) is 12.5 Å². The van der Waals surface area contributed by atoms with Gasteiger partial charge in [-0.2, -0.15) is 0 Å².